The van der Waals surface area contributed by atoms with Crippen LogP contribution in [0, 0.1) is 27.2 Å². The van der Waals surface area contributed by atoms with Crippen molar-refractivity contribution in [2.45, 2.75) is 13.3 Å². The van der Waals surface area contributed by atoms with E-state index in [-0.39, 0.29) is 44.1 Å². The third-order valence-corrected chi connectivity index (χ3v) is 2.47. The quantitative estimate of drug-likeness (QED) is 0.451. The van der Waals surface area contributed by atoms with Crippen LogP contribution < -0.4 is 4.90 Å². The Hall–Kier alpha value is -1.08. The largest absolute Gasteiger partial charge is 0.396 e. The van der Waals surface area contributed by atoms with Gasteiger partial charge in [-0.1, -0.05) is 6.92 Å². The number of non-ortho nitro benzene ring substituents is 1. The predicted molar refractivity (Wildman–Crippen MR) is 67.6 cm³/mol. The molecule has 0 bridgehead atoms. The second-order valence-corrected chi connectivity index (χ2v) is 3.67. The molecule has 0 heterocycles. The van der Waals surface area contributed by atoms with Gasteiger partial charge in [0, 0.05) is 45.3 Å². The molecule has 0 fully saturated rings. The summed E-state index contributed by atoms with van der Waals surface area (Å²) in [4.78, 5) is 22.0. The summed E-state index contributed by atoms with van der Waals surface area (Å²) in [5.74, 6) is 0. The van der Waals surface area contributed by atoms with Gasteiger partial charge in [-0.05, 0) is 12.5 Å². The van der Waals surface area contributed by atoms with Crippen LogP contribution in [-0.4, -0.2) is 22.9 Å². The molecule has 1 aromatic rings. The molecule has 0 atom stereocenters. The average Bonchev–Trinajstić information content (AvgIpc) is 2.35. The Bertz CT molecular complexity index is 467. The molecular formula is C11H14N3O4Y-. The van der Waals surface area contributed by atoms with Crippen LogP contribution in [-0.2, 0) is 32.7 Å². The molecule has 0 amide bonds. The minimum atomic E-state index is -0.648. The van der Waals surface area contributed by atoms with Crippen molar-refractivity contribution >= 4 is 17.1 Å². The van der Waals surface area contributed by atoms with Gasteiger partial charge >= 0.3 is 0 Å². The molecule has 101 valence electrons. The maximum Gasteiger partial charge on any atom is 0.299 e. The van der Waals surface area contributed by atoms with Gasteiger partial charge in [0.05, 0.1) is 15.9 Å². The van der Waals surface area contributed by atoms with Crippen molar-refractivity contribution in [2.24, 2.45) is 0 Å². The average molecular weight is 341 g/mol. The topological polar surface area (TPSA) is 89.5 Å². The van der Waals surface area contributed by atoms with E-state index in [1.165, 1.54) is 12.1 Å². The van der Waals surface area contributed by atoms with Gasteiger partial charge in [0.15, 0.2) is 0 Å². The molecule has 1 rings (SSSR count). The van der Waals surface area contributed by atoms with E-state index in [0.717, 1.165) is 12.5 Å². The van der Waals surface area contributed by atoms with Crippen molar-refractivity contribution in [1.29, 1.82) is 0 Å². The Kier molecular flexibility index (Phi) is 7.70. The second-order valence-electron chi connectivity index (χ2n) is 3.67. The van der Waals surface area contributed by atoms with Crippen LogP contribution in [0.5, 0.6) is 0 Å². The van der Waals surface area contributed by atoms with E-state index in [1.807, 2.05) is 6.92 Å². The molecule has 8 heteroatoms. The summed E-state index contributed by atoms with van der Waals surface area (Å²) in [7, 11) is 0. The van der Waals surface area contributed by atoms with Gasteiger partial charge in [0.25, 0.3) is 11.4 Å². The standard InChI is InChI=1S/C11H14N3O4.Y/c1-3-7-12(4-2)10-6-5-9(13(15)16)8-11(10)14(17)18;/h5-6,8H,2-4,7H2,1H3;/q-1;. The molecule has 0 N–H and O–H groups in total. The van der Waals surface area contributed by atoms with E-state index in [9.17, 15) is 20.2 Å². The maximum absolute atomic E-state index is 11.0. The molecule has 0 aromatic heterocycles. The van der Waals surface area contributed by atoms with Gasteiger partial charge in [-0.15, -0.1) is 6.54 Å². The third kappa shape index (κ3) is 4.51. The zero-order chi connectivity index (χ0) is 13.7. The number of rotatable bonds is 6. The van der Waals surface area contributed by atoms with Crippen molar-refractivity contribution in [3.8, 4) is 0 Å². The molecule has 0 saturated heterocycles. The Morgan fingerprint density at radius 2 is 1.89 bits per heavy atom. The fraction of sp³-hybridized carbons (Fsp3) is 0.364. The summed E-state index contributed by atoms with van der Waals surface area (Å²) >= 11 is 0. The van der Waals surface area contributed by atoms with Crippen molar-refractivity contribution in [1.82, 2.24) is 0 Å². The van der Waals surface area contributed by atoms with Gasteiger partial charge in [-0.3, -0.25) is 20.2 Å². The summed E-state index contributed by atoms with van der Waals surface area (Å²) in [6, 6.07) is 3.64. The van der Waals surface area contributed by atoms with E-state index in [2.05, 4.69) is 6.92 Å². The number of hydrogen-bond acceptors (Lipinski definition) is 5. The Balaban J connectivity index is 0.00000324. The van der Waals surface area contributed by atoms with E-state index in [0.29, 0.717) is 18.8 Å². The van der Waals surface area contributed by atoms with E-state index in [4.69, 9.17) is 0 Å². The van der Waals surface area contributed by atoms with Gasteiger partial charge in [-0.2, -0.15) is 0 Å². The molecule has 0 aliphatic carbocycles. The second kappa shape index (κ2) is 8.17. The number of benzene rings is 1. The van der Waals surface area contributed by atoms with Gasteiger partial charge in [0.1, 0.15) is 5.69 Å². The minimum Gasteiger partial charge on any atom is -0.396 e. The number of nitro benzene ring substituents is 2. The van der Waals surface area contributed by atoms with Crippen LogP contribution in [0.1, 0.15) is 13.3 Å². The molecule has 0 unspecified atom stereocenters. The van der Waals surface area contributed by atoms with Gasteiger partial charge < -0.3 is 11.8 Å². The number of anilines is 1. The molecule has 1 radical (unpaired) electrons. The van der Waals surface area contributed by atoms with Crippen LogP contribution in [0.4, 0.5) is 17.1 Å². The molecule has 1 aromatic carbocycles. The van der Waals surface area contributed by atoms with Crippen LogP contribution in [0.15, 0.2) is 18.2 Å². The fourth-order valence-electron chi connectivity index (χ4n) is 1.66. The van der Waals surface area contributed by atoms with Crippen molar-refractivity contribution in [3.05, 3.63) is 45.4 Å². The molecular weight excluding hydrogens is 327 g/mol. The smallest absolute Gasteiger partial charge is 0.299 e. The Morgan fingerprint density at radius 1 is 1.26 bits per heavy atom. The summed E-state index contributed by atoms with van der Waals surface area (Å²) in [6.45, 7) is 6.63. The monoisotopic (exact) mass is 341 g/mol. The summed E-state index contributed by atoms with van der Waals surface area (Å²) in [6.07, 6.45) is 0.809. The first-order chi connectivity index (χ1) is 8.51. The molecule has 0 spiro atoms. The normalized spacial score (nSPS) is 9.58. The first-order valence-electron chi connectivity index (χ1n) is 5.48. The molecule has 0 aliphatic rings. The summed E-state index contributed by atoms with van der Waals surface area (Å²) in [5, 5.41) is 21.6. The van der Waals surface area contributed by atoms with Crippen LogP contribution in [0.2, 0.25) is 0 Å². The SMILES string of the molecule is [CH2-]CN(CCC)c1ccc([N+](=O)[O-])cc1[N+](=O)[O-].[Y]. The first-order valence-corrected chi connectivity index (χ1v) is 5.48. The molecule has 0 saturated carbocycles. The number of hydrogen-bond donors (Lipinski definition) is 0. The zero-order valence-electron chi connectivity index (χ0n) is 10.6. The summed E-state index contributed by atoms with van der Waals surface area (Å²) in [5.41, 5.74) is -0.185. The fourth-order valence-corrected chi connectivity index (χ4v) is 1.66. The van der Waals surface area contributed by atoms with Crippen LogP contribution >= 0.6 is 0 Å². The van der Waals surface area contributed by atoms with Gasteiger partial charge in [-0.25, -0.2) is 0 Å². The zero-order valence-corrected chi connectivity index (χ0v) is 13.5. The van der Waals surface area contributed by atoms with Crippen LogP contribution in [0.3, 0.4) is 0 Å². The Labute approximate surface area is 136 Å². The van der Waals surface area contributed by atoms with Crippen LogP contribution in [0.25, 0.3) is 0 Å². The van der Waals surface area contributed by atoms with E-state index in [1.54, 1.807) is 4.90 Å². The number of nitrogens with zero attached hydrogens (tertiary/aromatic N) is 3. The minimum absolute atomic E-state index is 0. The number of nitro groups is 2. The van der Waals surface area contributed by atoms with E-state index < -0.39 is 9.85 Å². The first kappa shape index (κ1) is 17.9. The van der Waals surface area contributed by atoms with Crippen molar-refractivity contribution in [3.63, 3.8) is 0 Å². The molecule has 0 aliphatic heterocycles. The molecule has 7 nitrogen and oxygen atoms in total. The summed E-state index contributed by atoms with van der Waals surface area (Å²) < 4.78 is 0. The maximum atomic E-state index is 11.0. The predicted octanol–water partition coefficient (Wildman–Crippen LogP) is 2.55. The third-order valence-electron chi connectivity index (χ3n) is 2.47. The van der Waals surface area contributed by atoms with Gasteiger partial charge in [0.2, 0.25) is 0 Å². The van der Waals surface area contributed by atoms with Crippen molar-refractivity contribution < 1.29 is 42.6 Å². The van der Waals surface area contributed by atoms with E-state index >= 15 is 0 Å². The van der Waals surface area contributed by atoms with Crippen molar-refractivity contribution in [2.75, 3.05) is 18.0 Å². The Morgan fingerprint density at radius 3 is 2.32 bits per heavy atom. The molecule has 19 heavy (non-hydrogen) atoms.